The standard InChI is InChI=1S/C15H22N2O2/c1-3-16-12-8-10-17(11-9-12)15(18)13-6-4-5-7-14(13)19-2/h4-7,12,16H,3,8-11H2,1-2H3. The van der Waals surface area contributed by atoms with Crippen molar-refractivity contribution in [3.8, 4) is 5.75 Å². The molecule has 0 saturated carbocycles. The molecule has 0 aliphatic carbocycles. The Labute approximate surface area is 114 Å². The molecule has 2 rings (SSSR count). The van der Waals surface area contributed by atoms with Gasteiger partial charge in [-0.05, 0) is 31.5 Å². The molecule has 1 amide bonds. The Morgan fingerprint density at radius 2 is 2.05 bits per heavy atom. The first-order chi connectivity index (χ1) is 9.26. The zero-order valence-electron chi connectivity index (χ0n) is 11.7. The number of carbonyl (C=O) groups excluding carboxylic acids is 1. The lowest BCUT2D eigenvalue weighted by molar-refractivity contribution is 0.0702. The van der Waals surface area contributed by atoms with Gasteiger partial charge in [-0.15, -0.1) is 0 Å². The van der Waals surface area contributed by atoms with Gasteiger partial charge in [0.25, 0.3) is 5.91 Å². The summed E-state index contributed by atoms with van der Waals surface area (Å²) in [6, 6.07) is 7.97. The Hall–Kier alpha value is -1.55. The first-order valence-electron chi connectivity index (χ1n) is 6.92. The van der Waals surface area contributed by atoms with Crippen molar-refractivity contribution in [1.29, 1.82) is 0 Å². The molecule has 104 valence electrons. The maximum atomic E-state index is 12.5. The second-order valence-corrected chi connectivity index (χ2v) is 4.82. The van der Waals surface area contributed by atoms with Crippen molar-refractivity contribution in [1.82, 2.24) is 10.2 Å². The van der Waals surface area contributed by atoms with E-state index in [0.717, 1.165) is 32.5 Å². The topological polar surface area (TPSA) is 41.6 Å². The zero-order chi connectivity index (χ0) is 13.7. The van der Waals surface area contributed by atoms with Crippen LogP contribution in [-0.2, 0) is 0 Å². The number of hydrogen-bond acceptors (Lipinski definition) is 3. The summed E-state index contributed by atoms with van der Waals surface area (Å²) in [7, 11) is 1.60. The van der Waals surface area contributed by atoms with E-state index in [1.165, 1.54) is 0 Å². The number of rotatable bonds is 4. The number of methoxy groups -OCH3 is 1. The summed E-state index contributed by atoms with van der Waals surface area (Å²) in [5.74, 6) is 0.730. The van der Waals surface area contributed by atoms with Crippen molar-refractivity contribution in [2.24, 2.45) is 0 Å². The Bertz CT molecular complexity index is 426. The minimum atomic E-state index is 0.0763. The zero-order valence-corrected chi connectivity index (χ0v) is 11.7. The molecule has 1 aliphatic heterocycles. The molecular formula is C15H22N2O2. The van der Waals surface area contributed by atoms with Gasteiger partial charge < -0.3 is 15.0 Å². The van der Waals surface area contributed by atoms with Crippen LogP contribution in [0.1, 0.15) is 30.1 Å². The van der Waals surface area contributed by atoms with E-state index < -0.39 is 0 Å². The van der Waals surface area contributed by atoms with Crippen LogP contribution in [0.15, 0.2) is 24.3 Å². The maximum Gasteiger partial charge on any atom is 0.257 e. The minimum Gasteiger partial charge on any atom is -0.496 e. The maximum absolute atomic E-state index is 12.5. The molecule has 0 spiro atoms. The SMILES string of the molecule is CCNC1CCN(C(=O)c2ccccc2OC)CC1. The molecule has 1 aromatic rings. The van der Waals surface area contributed by atoms with Gasteiger partial charge in [0, 0.05) is 19.1 Å². The van der Waals surface area contributed by atoms with Crippen LogP contribution in [0.4, 0.5) is 0 Å². The van der Waals surface area contributed by atoms with Crippen molar-refractivity contribution in [3.63, 3.8) is 0 Å². The number of benzene rings is 1. The lowest BCUT2D eigenvalue weighted by atomic mass is 10.0. The van der Waals surface area contributed by atoms with E-state index in [0.29, 0.717) is 17.4 Å². The van der Waals surface area contributed by atoms with Gasteiger partial charge in [0.1, 0.15) is 5.75 Å². The van der Waals surface area contributed by atoms with Crippen molar-refractivity contribution in [2.75, 3.05) is 26.7 Å². The van der Waals surface area contributed by atoms with Gasteiger partial charge >= 0.3 is 0 Å². The van der Waals surface area contributed by atoms with Crippen LogP contribution in [0, 0.1) is 0 Å². The van der Waals surface area contributed by atoms with Gasteiger partial charge in [0.05, 0.1) is 12.7 Å². The first kappa shape index (κ1) is 13.9. The van der Waals surface area contributed by atoms with Gasteiger partial charge in [-0.1, -0.05) is 19.1 Å². The predicted molar refractivity (Wildman–Crippen MR) is 75.6 cm³/mol. The highest BCUT2D eigenvalue weighted by Gasteiger charge is 2.24. The number of nitrogens with zero attached hydrogens (tertiary/aromatic N) is 1. The molecule has 1 fully saturated rings. The Balaban J connectivity index is 2.01. The summed E-state index contributed by atoms with van der Waals surface area (Å²) in [5.41, 5.74) is 0.659. The summed E-state index contributed by atoms with van der Waals surface area (Å²) >= 11 is 0. The van der Waals surface area contributed by atoms with Gasteiger partial charge in [-0.25, -0.2) is 0 Å². The second kappa shape index (κ2) is 6.57. The van der Waals surface area contributed by atoms with Crippen LogP contribution < -0.4 is 10.1 Å². The van der Waals surface area contributed by atoms with E-state index in [2.05, 4.69) is 12.2 Å². The van der Waals surface area contributed by atoms with E-state index in [1.807, 2.05) is 29.2 Å². The minimum absolute atomic E-state index is 0.0763. The fraction of sp³-hybridized carbons (Fsp3) is 0.533. The van der Waals surface area contributed by atoms with Crippen LogP contribution in [-0.4, -0.2) is 43.6 Å². The molecule has 19 heavy (non-hydrogen) atoms. The molecular weight excluding hydrogens is 240 g/mol. The number of hydrogen-bond donors (Lipinski definition) is 1. The second-order valence-electron chi connectivity index (χ2n) is 4.82. The first-order valence-corrected chi connectivity index (χ1v) is 6.92. The molecule has 0 bridgehead atoms. The average Bonchev–Trinajstić information content (AvgIpc) is 2.47. The number of likely N-dealkylation sites (tertiary alicyclic amines) is 1. The summed E-state index contributed by atoms with van der Waals surface area (Å²) < 4.78 is 5.26. The lowest BCUT2D eigenvalue weighted by Gasteiger charge is -2.32. The number of para-hydroxylation sites is 1. The number of nitrogens with one attached hydrogen (secondary N) is 1. The van der Waals surface area contributed by atoms with Gasteiger partial charge in [-0.2, -0.15) is 0 Å². The number of piperidine rings is 1. The molecule has 0 aromatic heterocycles. The summed E-state index contributed by atoms with van der Waals surface area (Å²) in [6.45, 7) is 4.74. The summed E-state index contributed by atoms with van der Waals surface area (Å²) in [6.07, 6.45) is 2.05. The number of amides is 1. The van der Waals surface area contributed by atoms with E-state index in [9.17, 15) is 4.79 Å². The molecule has 0 radical (unpaired) electrons. The number of carbonyl (C=O) groups is 1. The monoisotopic (exact) mass is 262 g/mol. The van der Waals surface area contributed by atoms with Crippen molar-refractivity contribution >= 4 is 5.91 Å². The smallest absolute Gasteiger partial charge is 0.257 e. The Morgan fingerprint density at radius 3 is 2.68 bits per heavy atom. The normalized spacial score (nSPS) is 16.4. The highest BCUT2D eigenvalue weighted by Crippen LogP contribution is 2.21. The van der Waals surface area contributed by atoms with Gasteiger partial charge in [0.2, 0.25) is 0 Å². The quantitative estimate of drug-likeness (QED) is 0.901. The molecule has 0 unspecified atom stereocenters. The Kier molecular flexibility index (Phi) is 4.80. The van der Waals surface area contributed by atoms with Crippen LogP contribution in [0.25, 0.3) is 0 Å². The molecule has 1 aliphatic rings. The van der Waals surface area contributed by atoms with E-state index in [1.54, 1.807) is 7.11 Å². The largest absolute Gasteiger partial charge is 0.496 e. The van der Waals surface area contributed by atoms with Crippen molar-refractivity contribution < 1.29 is 9.53 Å². The molecule has 4 nitrogen and oxygen atoms in total. The molecule has 1 aromatic carbocycles. The van der Waals surface area contributed by atoms with Crippen molar-refractivity contribution in [3.05, 3.63) is 29.8 Å². The van der Waals surface area contributed by atoms with Crippen LogP contribution in [0.5, 0.6) is 5.75 Å². The summed E-state index contributed by atoms with van der Waals surface area (Å²) in [5, 5.41) is 3.44. The van der Waals surface area contributed by atoms with Gasteiger partial charge in [-0.3, -0.25) is 4.79 Å². The lowest BCUT2D eigenvalue weighted by Crippen LogP contribution is -2.44. The fourth-order valence-corrected chi connectivity index (χ4v) is 2.57. The summed E-state index contributed by atoms with van der Waals surface area (Å²) in [4.78, 5) is 14.4. The van der Waals surface area contributed by atoms with Crippen LogP contribution in [0.3, 0.4) is 0 Å². The van der Waals surface area contributed by atoms with Gasteiger partial charge in [0.15, 0.2) is 0 Å². The van der Waals surface area contributed by atoms with Crippen molar-refractivity contribution in [2.45, 2.75) is 25.8 Å². The Morgan fingerprint density at radius 1 is 1.37 bits per heavy atom. The molecule has 1 N–H and O–H groups in total. The molecule has 0 atom stereocenters. The van der Waals surface area contributed by atoms with Crippen LogP contribution in [0.2, 0.25) is 0 Å². The van der Waals surface area contributed by atoms with E-state index in [4.69, 9.17) is 4.74 Å². The highest BCUT2D eigenvalue weighted by molar-refractivity contribution is 5.97. The fourth-order valence-electron chi connectivity index (χ4n) is 2.57. The van der Waals surface area contributed by atoms with E-state index >= 15 is 0 Å². The third-order valence-electron chi connectivity index (χ3n) is 3.61. The molecule has 1 saturated heterocycles. The van der Waals surface area contributed by atoms with Crippen LogP contribution >= 0.6 is 0 Å². The predicted octanol–water partition coefficient (Wildman–Crippen LogP) is 1.91. The average molecular weight is 262 g/mol. The molecule has 4 heteroatoms. The van der Waals surface area contributed by atoms with E-state index in [-0.39, 0.29) is 5.91 Å². The highest BCUT2D eigenvalue weighted by atomic mass is 16.5. The third kappa shape index (κ3) is 3.26. The third-order valence-corrected chi connectivity index (χ3v) is 3.61. The number of ether oxygens (including phenoxy) is 1. The molecule has 1 heterocycles.